The summed E-state index contributed by atoms with van der Waals surface area (Å²) in [5.74, 6) is 1.51. The van der Waals surface area contributed by atoms with Gasteiger partial charge in [-0.15, -0.1) is 0 Å². The van der Waals surface area contributed by atoms with Crippen molar-refractivity contribution in [1.29, 1.82) is 0 Å². The zero-order valence-electron chi connectivity index (χ0n) is 10.0. The molecule has 1 atom stereocenters. The molecule has 1 aromatic rings. The van der Waals surface area contributed by atoms with E-state index in [0.29, 0.717) is 13.2 Å². The van der Waals surface area contributed by atoms with Gasteiger partial charge >= 0.3 is 0 Å². The van der Waals surface area contributed by atoms with Crippen LogP contribution in [-0.4, -0.2) is 27.4 Å². The molecule has 0 aliphatic heterocycles. The molecule has 16 heavy (non-hydrogen) atoms. The third kappa shape index (κ3) is 3.12. The van der Waals surface area contributed by atoms with E-state index >= 15 is 0 Å². The van der Waals surface area contributed by atoms with Crippen LogP contribution in [0.4, 0.5) is 0 Å². The monoisotopic (exact) mass is 225 g/mol. The van der Waals surface area contributed by atoms with Crippen LogP contribution < -0.4 is 15.2 Å². The molecular formula is C12H19NO3. The van der Waals surface area contributed by atoms with Gasteiger partial charge in [0.2, 0.25) is 0 Å². The van der Waals surface area contributed by atoms with E-state index in [1.807, 2.05) is 25.1 Å². The van der Waals surface area contributed by atoms with Crippen LogP contribution in [0.3, 0.4) is 0 Å². The Morgan fingerprint density at radius 1 is 1.19 bits per heavy atom. The zero-order valence-corrected chi connectivity index (χ0v) is 10.0. The minimum absolute atomic E-state index is 0.131. The predicted octanol–water partition coefficient (Wildman–Crippen LogP) is 1.74. The molecule has 0 amide bonds. The Kier molecular flexibility index (Phi) is 5.08. The maximum absolute atomic E-state index is 5.90. The number of benzene rings is 1. The van der Waals surface area contributed by atoms with E-state index < -0.39 is 0 Å². The molecule has 0 spiro atoms. The molecule has 4 nitrogen and oxygen atoms in total. The van der Waals surface area contributed by atoms with Gasteiger partial charge in [-0.25, -0.2) is 0 Å². The Balaban J connectivity index is 2.89. The van der Waals surface area contributed by atoms with E-state index in [9.17, 15) is 0 Å². The van der Waals surface area contributed by atoms with Crippen molar-refractivity contribution in [1.82, 2.24) is 0 Å². The van der Waals surface area contributed by atoms with Crippen LogP contribution in [0.5, 0.6) is 11.5 Å². The number of rotatable bonds is 6. The number of ether oxygens (including phenoxy) is 3. The van der Waals surface area contributed by atoms with Crippen LogP contribution in [-0.2, 0) is 4.74 Å². The first-order valence-corrected chi connectivity index (χ1v) is 5.25. The zero-order chi connectivity index (χ0) is 12.0. The Bertz CT molecular complexity index is 326. The lowest BCUT2D eigenvalue weighted by atomic mass is 10.1. The highest BCUT2D eigenvalue weighted by molar-refractivity contribution is 5.46. The largest absolute Gasteiger partial charge is 0.496 e. The van der Waals surface area contributed by atoms with Gasteiger partial charge in [0, 0.05) is 13.2 Å². The number of hydrogen-bond acceptors (Lipinski definition) is 4. The summed E-state index contributed by atoms with van der Waals surface area (Å²) in [5.41, 5.74) is 6.79. The number of nitrogens with two attached hydrogens (primary N) is 1. The van der Waals surface area contributed by atoms with Gasteiger partial charge in [0.25, 0.3) is 0 Å². The van der Waals surface area contributed by atoms with Crippen molar-refractivity contribution in [2.75, 3.05) is 27.4 Å². The molecule has 1 rings (SSSR count). The third-order valence-corrected chi connectivity index (χ3v) is 2.25. The molecule has 4 heteroatoms. The lowest BCUT2D eigenvalue weighted by Crippen LogP contribution is -2.12. The first kappa shape index (κ1) is 12.8. The first-order valence-electron chi connectivity index (χ1n) is 5.25. The molecule has 90 valence electrons. The van der Waals surface area contributed by atoms with E-state index in [4.69, 9.17) is 19.9 Å². The SMILES string of the molecule is COCCOc1cccc(OC)c1[C@@H](C)N. The lowest BCUT2D eigenvalue weighted by Gasteiger charge is -2.17. The molecule has 0 aromatic heterocycles. The van der Waals surface area contributed by atoms with Crippen molar-refractivity contribution in [2.24, 2.45) is 5.73 Å². The topological polar surface area (TPSA) is 53.7 Å². The molecular weight excluding hydrogens is 206 g/mol. The molecule has 0 aliphatic carbocycles. The van der Waals surface area contributed by atoms with Gasteiger partial charge in [0.15, 0.2) is 0 Å². The van der Waals surface area contributed by atoms with Crippen molar-refractivity contribution in [3.8, 4) is 11.5 Å². The number of methoxy groups -OCH3 is 2. The van der Waals surface area contributed by atoms with Crippen molar-refractivity contribution < 1.29 is 14.2 Å². The van der Waals surface area contributed by atoms with Crippen LogP contribution in [0, 0.1) is 0 Å². The molecule has 0 saturated heterocycles. The summed E-state index contributed by atoms with van der Waals surface area (Å²) < 4.78 is 15.8. The lowest BCUT2D eigenvalue weighted by molar-refractivity contribution is 0.145. The van der Waals surface area contributed by atoms with Crippen LogP contribution in [0.25, 0.3) is 0 Å². The van der Waals surface area contributed by atoms with Crippen LogP contribution in [0.2, 0.25) is 0 Å². The van der Waals surface area contributed by atoms with Crippen LogP contribution in [0.15, 0.2) is 18.2 Å². The average molecular weight is 225 g/mol. The molecule has 1 aromatic carbocycles. The minimum Gasteiger partial charge on any atom is -0.496 e. The molecule has 0 bridgehead atoms. The average Bonchev–Trinajstić information content (AvgIpc) is 2.28. The Labute approximate surface area is 96.3 Å². The fourth-order valence-corrected chi connectivity index (χ4v) is 1.51. The van der Waals surface area contributed by atoms with E-state index in [0.717, 1.165) is 17.1 Å². The fraction of sp³-hybridized carbons (Fsp3) is 0.500. The Hall–Kier alpha value is -1.26. The second-order valence-electron chi connectivity index (χ2n) is 3.50. The van der Waals surface area contributed by atoms with Crippen LogP contribution >= 0.6 is 0 Å². The quantitative estimate of drug-likeness (QED) is 0.749. The highest BCUT2D eigenvalue weighted by Crippen LogP contribution is 2.32. The highest BCUT2D eigenvalue weighted by Gasteiger charge is 2.13. The molecule has 0 aliphatic rings. The van der Waals surface area contributed by atoms with Crippen molar-refractivity contribution in [3.05, 3.63) is 23.8 Å². The molecule has 0 unspecified atom stereocenters. The second kappa shape index (κ2) is 6.35. The maximum Gasteiger partial charge on any atom is 0.127 e. The summed E-state index contributed by atoms with van der Waals surface area (Å²) in [6.07, 6.45) is 0. The predicted molar refractivity (Wildman–Crippen MR) is 63.0 cm³/mol. The summed E-state index contributed by atoms with van der Waals surface area (Å²) in [5, 5.41) is 0. The van der Waals surface area contributed by atoms with E-state index in [1.165, 1.54) is 0 Å². The van der Waals surface area contributed by atoms with Crippen molar-refractivity contribution in [2.45, 2.75) is 13.0 Å². The van der Waals surface area contributed by atoms with E-state index in [1.54, 1.807) is 14.2 Å². The van der Waals surface area contributed by atoms with Gasteiger partial charge in [-0.1, -0.05) is 6.07 Å². The van der Waals surface area contributed by atoms with Gasteiger partial charge in [-0.05, 0) is 19.1 Å². The van der Waals surface area contributed by atoms with Crippen molar-refractivity contribution >= 4 is 0 Å². The molecule has 0 heterocycles. The maximum atomic E-state index is 5.90. The number of hydrogen-bond donors (Lipinski definition) is 1. The van der Waals surface area contributed by atoms with E-state index in [-0.39, 0.29) is 6.04 Å². The Morgan fingerprint density at radius 3 is 2.44 bits per heavy atom. The molecule has 0 saturated carbocycles. The molecule has 0 radical (unpaired) electrons. The summed E-state index contributed by atoms with van der Waals surface area (Å²) in [6.45, 7) is 2.96. The van der Waals surface area contributed by atoms with E-state index in [2.05, 4.69) is 0 Å². The van der Waals surface area contributed by atoms with Gasteiger partial charge in [0.05, 0.1) is 19.3 Å². The third-order valence-electron chi connectivity index (χ3n) is 2.25. The van der Waals surface area contributed by atoms with Gasteiger partial charge in [-0.3, -0.25) is 0 Å². The minimum atomic E-state index is -0.131. The van der Waals surface area contributed by atoms with Gasteiger partial charge in [-0.2, -0.15) is 0 Å². The summed E-state index contributed by atoms with van der Waals surface area (Å²) in [6, 6.07) is 5.51. The normalized spacial score (nSPS) is 12.2. The smallest absolute Gasteiger partial charge is 0.127 e. The van der Waals surface area contributed by atoms with Crippen molar-refractivity contribution in [3.63, 3.8) is 0 Å². The van der Waals surface area contributed by atoms with Gasteiger partial charge in [0.1, 0.15) is 18.1 Å². The van der Waals surface area contributed by atoms with Crippen LogP contribution in [0.1, 0.15) is 18.5 Å². The second-order valence-corrected chi connectivity index (χ2v) is 3.50. The summed E-state index contributed by atoms with van der Waals surface area (Å²) in [7, 11) is 3.27. The van der Waals surface area contributed by atoms with Gasteiger partial charge < -0.3 is 19.9 Å². The standard InChI is InChI=1S/C12H19NO3/c1-9(13)12-10(15-3)5-4-6-11(12)16-8-7-14-2/h4-6,9H,7-8,13H2,1-3H3/t9-/m1/s1. The molecule has 2 N–H and O–H groups in total. The Morgan fingerprint density at radius 2 is 1.88 bits per heavy atom. The summed E-state index contributed by atoms with van der Waals surface area (Å²) >= 11 is 0. The highest BCUT2D eigenvalue weighted by atomic mass is 16.5. The first-order chi connectivity index (χ1) is 7.70. The molecule has 0 fully saturated rings. The summed E-state index contributed by atoms with van der Waals surface area (Å²) in [4.78, 5) is 0. The fourth-order valence-electron chi connectivity index (χ4n) is 1.51.